The number of nitrogens with one attached hydrogen (secondary N) is 2. The Kier molecular flexibility index (Phi) is 5.13. The molecule has 0 atom stereocenters. The van der Waals surface area contributed by atoms with Crippen LogP contribution in [0.2, 0.25) is 0 Å². The molecular weight excluding hydrogens is 341 g/mol. The van der Waals surface area contributed by atoms with E-state index < -0.39 is 0 Å². The van der Waals surface area contributed by atoms with Crippen LogP contribution in [0.25, 0.3) is 0 Å². The van der Waals surface area contributed by atoms with Crippen molar-refractivity contribution in [3.05, 3.63) is 36.4 Å². The molecule has 18 heavy (non-hydrogen) atoms. The quantitative estimate of drug-likeness (QED) is 0.480. The van der Waals surface area contributed by atoms with Crippen LogP contribution >= 0.6 is 22.6 Å². The van der Waals surface area contributed by atoms with Crippen LogP contribution in [0, 0.1) is 5.41 Å². The number of rotatable bonds is 5. The van der Waals surface area contributed by atoms with Crippen LogP contribution in [0.3, 0.4) is 0 Å². The van der Waals surface area contributed by atoms with Gasteiger partial charge in [0.05, 0.1) is 18.4 Å². The lowest BCUT2D eigenvalue weighted by atomic mass is 10.2. The predicted molar refractivity (Wildman–Crippen MR) is 83.6 cm³/mol. The highest BCUT2D eigenvalue weighted by atomic mass is 127. The van der Waals surface area contributed by atoms with Crippen molar-refractivity contribution in [3.8, 4) is 0 Å². The van der Waals surface area contributed by atoms with Gasteiger partial charge < -0.3 is 10.1 Å². The highest BCUT2D eigenvalue weighted by molar-refractivity contribution is 14.1. The van der Waals surface area contributed by atoms with Crippen LogP contribution in [0.5, 0.6) is 0 Å². The lowest BCUT2D eigenvalue weighted by molar-refractivity contribution is 0.0530. The fourth-order valence-electron chi connectivity index (χ4n) is 1.39. The molecule has 0 saturated carbocycles. The first-order valence-corrected chi connectivity index (χ1v) is 6.66. The maximum Gasteiger partial charge on any atom is 0.109 e. The topological polar surface area (TPSA) is 58.0 Å². The van der Waals surface area contributed by atoms with E-state index in [4.69, 9.17) is 10.1 Å². The third kappa shape index (κ3) is 5.03. The largest absolute Gasteiger partial charge is 0.491 e. The number of pyridine rings is 1. The first-order chi connectivity index (χ1) is 8.29. The van der Waals surface area contributed by atoms with Crippen molar-refractivity contribution in [2.45, 2.75) is 26.4 Å². The minimum atomic E-state index is -0.244. The van der Waals surface area contributed by atoms with Crippen molar-refractivity contribution in [3.63, 3.8) is 0 Å². The van der Waals surface area contributed by atoms with E-state index in [1.807, 2.05) is 49.4 Å². The van der Waals surface area contributed by atoms with E-state index in [0.717, 1.165) is 11.3 Å². The van der Waals surface area contributed by atoms with Crippen molar-refractivity contribution in [2.24, 2.45) is 0 Å². The van der Waals surface area contributed by atoms with Gasteiger partial charge in [0.15, 0.2) is 0 Å². The second kappa shape index (κ2) is 6.17. The summed E-state index contributed by atoms with van der Waals surface area (Å²) in [6.07, 6.45) is 3.38. The molecule has 5 heteroatoms. The van der Waals surface area contributed by atoms with Crippen molar-refractivity contribution in [2.75, 3.05) is 11.9 Å². The average Bonchev–Trinajstić information content (AvgIpc) is 2.24. The van der Waals surface area contributed by atoms with Crippen LogP contribution in [0.4, 0.5) is 5.69 Å². The van der Waals surface area contributed by atoms with Gasteiger partial charge in [0.1, 0.15) is 15.1 Å². The van der Waals surface area contributed by atoms with E-state index >= 15 is 0 Å². The summed E-state index contributed by atoms with van der Waals surface area (Å²) in [4.78, 5) is 4.05. The smallest absolute Gasteiger partial charge is 0.109 e. The Labute approximate surface area is 121 Å². The van der Waals surface area contributed by atoms with E-state index in [2.05, 4.69) is 16.9 Å². The van der Waals surface area contributed by atoms with Crippen molar-refractivity contribution >= 4 is 32.0 Å². The minimum absolute atomic E-state index is 0.244. The molecule has 0 radical (unpaired) electrons. The molecule has 0 unspecified atom stereocenters. The second-order valence-corrected chi connectivity index (χ2v) is 5.92. The summed E-state index contributed by atoms with van der Waals surface area (Å²) in [5.74, 6) is 0.664. The number of aromatic nitrogens is 1. The fourth-order valence-corrected chi connectivity index (χ4v) is 1.86. The standard InChI is InChI=1S/C13H18IN3O/c1-9(18-13(2,3)4)7-17-11-8-16-6-5-10(11)12(14)15/h5-6,8,15,17H,1,7H2,2-4H3. The molecule has 4 nitrogen and oxygen atoms in total. The van der Waals surface area contributed by atoms with Crippen LogP contribution in [-0.2, 0) is 4.74 Å². The molecule has 1 aromatic rings. The molecule has 0 bridgehead atoms. The lowest BCUT2D eigenvalue weighted by Gasteiger charge is -2.23. The molecule has 1 heterocycles. The van der Waals surface area contributed by atoms with Gasteiger partial charge in [-0.05, 0) is 49.4 Å². The van der Waals surface area contributed by atoms with E-state index in [9.17, 15) is 0 Å². The van der Waals surface area contributed by atoms with Crippen LogP contribution in [-0.4, -0.2) is 20.8 Å². The van der Waals surface area contributed by atoms with Gasteiger partial charge in [-0.25, -0.2) is 0 Å². The summed E-state index contributed by atoms with van der Waals surface area (Å²) in [6, 6.07) is 1.81. The maximum atomic E-state index is 7.67. The van der Waals surface area contributed by atoms with Gasteiger partial charge in [-0.2, -0.15) is 0 Å². The molecule has 0 amide bonds. The zero-order valence-electron chi connectivity index (χ0n) is 10.9. The average molecular weight is 359 g/mol. The Morgan fingerprint density at radius 3 is 2.78 bits per heavy atom. The SMILES string of the molecule is C=C(CNc1cnccc1C(=N)I)OC(C)(C)C. The van der Waals surface area contributed by atoms with E-state index in [1.54, 1.807) is 12.4 Å². The van der Waals surface area contributed by atoms with E-state index in [-0.39, 0.29) is 5.60 Å². The Morgan fingerprint density at radius 1 is 1.56 bits per heavy atom. The number of ether oxygens (including phenoxy) is 1. The fraction of sp³-hybridized carbons (Fsp3) is 0.385. The molecule has 0 spiro atoms. The Balaban J connectivity index is 2.64. The van der Waals surface area contributed by atoms with Crippen molar-refractivity contribution < 1.29 is 4.74 Å². The number of anilines is 1. The van der Waals surface area contributed by atoms with E-state index in [1.165, 1.54) is 0 Å². The molecule has 98 valence electrons. The van der Waals surface area contributed by atoms with Crippen LogP contribution in [0.1, 0.15) is 26.3 Å². The second-order valence-electron chi connectivity index (χ2n) is 4.84. The molecule has 0 saturated heterocycles. The van der Waals surface area contributed by atoms with E-state index in [0.29, 0.717) is 16.0 Å². The number of hydrogen-bond donors (Lipinski definition) is 2. The predicted octanol–water partition coefficient (Wildman–Crippen LogP) is 3.58. The Bertz CT molecular complexity index is 452. The summed E-state index contributed by atoms with van der Waals surface area (Å²) in [7, 11) is 0. The highest BCUT2D eigenvalue weighted by Gasteiger charge is 2.12. The molecule has 0 aliphatic heterocycles. The first kappa shape index (κ1) is 14.9. The molecule has 1 aromatic heterocycles. The number of nitrogens with zero attached hydrogens (tertiary/aromatic N) is 1. The zero-order chi connectivity index (χ0) is 13.8. The molecule has 0 aromatic carbocycles. The van der Waals surface area contributed by atoms with Gasteiger partial charge in [0.2, 0.25) is 0 Å². The highest BCUT2D eigenvalue weighted by Crippen LogP contribution is 2.18. The molecule has 0 aliphatic rings. The number of halogens is 1. The van der Waals surface area contributed by atoms with Gasteiger partial charge >= 0.3 is 0 Å². The monoisotopic (exact) mass is 359 g/mol. The lowest BCUT2D eigenvalue weighted by Crippen LogP contribution is -2.21. The minimum Gasteiger partial charge on any atom is -0.491 e. The summed E-state index contributed by atoms with van der Waals surface area (Å²) < 4.78 is 6.10. The molecule has 2 N–H and O–H groups in total. The summed E-state index contributed by atoms with van der Waals surface area (Å²) in [6.45, 7) is 10.3. The first-order valence-electron chi connectivity index (χ1n) is 5.58. The molecule has 0 fully saturated rings. The van der Waals surface area contributed by atoms with Crippen LogP contribution < -0.4 is 5.32 Å². The third-order valence-corrected chi connectivity index (χ3v) is 2.57. The third-order valence-electron chi connectivity index (χ3n) is 1.98. The normalized spacial score (nSPS) is 10.9. The van der Waals surface area contributed by atoms with Crippen LogP contribution in [0.15, 0.2) is 30.8 Å². The van der Waals surface area contributed by atoms with Gasteiger partial charge in [-0.3, -0.25) is 10.4 Å². The van der Waals surface area contributed by atoms with Gasteiger partial charge in [0.25, 0.3) is 0 Å². The number of hydrogen-bond acceptors (Lipinski definition) is 4. The van der Waals surface area contributed by atoms with Gasteiger partial charge in [-0.1, -0.05) is 6.58 Å². The maximum absolute atomic E-state index is 7.67. The van der Waals surface area contributed by atoms with Gasteiger partial charge in [0, 0.05) is 11.8 Å². The Morgan fingerprint density at radius 2 is 2.22 bits per heavy atom. The summed E-state index contributed by atoms with van der Waals surface area (Å²) >= 11 is 1.97. The zero-order valence-corrected chi connectivity index (χ0v) is 13.0. The Hall–Kier alpha value is -1.11. The molecule has 0 aliphatic carbocycles. The summed E-state index contributed by atoms with van der Waals surface area (Å²) in [5.41, 5.74) is 1.40. The molecule has 1 rings (SSSR count). The van der Waals surface area contributed by atoms with Crippen molar-refractivity contribution in [1.29, 1.82) is 5.41 Å². The van der Waals surface area contributed by atoms with Gasteiger partial charge in [-0.15, -0.1) is 0 Å². The molecular formula is C13H18IN3O. The van der Waals surface area contributed by atoms with Crippen molar-refractivity contribution in [1.82, 2.24) is 4.98 Å². The summed E-state index contributed by atoms with van der Waals surface area (Å²) in [5, 5.41) is 10.9.